The van der Waals surface area contributed by atoms with E-state index in [1.54, 1.807) is 7.11 Å². The second kappa shape index (κ2) is 11.7. The molecule has 3 rings (SSSR count). The van der Waals surface area contributed by atoms with Crippen LogP contribution in [0.25, 0.3) is 0 Å². The monoisotopic (exact) mass is 496 g/mol. The molecule has 2 aromatic rings. The fraction of sp³-hybridized carbons (Fsp3) is 0.483. The standard InChI is InChI=1S/C29H40O5Si/c1-28(2,3)35(24-16-9-7-10-17-24,25-18-11-8-12-19-25)34-21-23-15-13-14-20-29(23,4)26(27(30)32-6)33-22-31-5/h7-14,16-19,23,26H,15,20-22H2,1-6H3/t23-,26-,29+/m0/s1. The Labute approximate surface area is 211 Å². The molecule has 0 unspecified atom stereocenters. The van der Waals surface area contributed by atoms with Crippen molar-refractivity contribution in [2.45, 2.75) is 51.7 Å². The van der Waals surface area contributed by atoms with Crippen LogP contribution in [0.3, 0.4) is 0 Å². The maximum atomic E-state index is 12.8. The third-order valence-electron chi connectivity index (χ3n) is 7.36. The van der Waals surface area contributed by atoms with Crippen LogP contribution in [0.5, 0.6) is 0 Å². The molecule has 0 aromatic heterocycles. The van der Waals surface area contributed by atoms with Crippen molar-refractivity contribution in [3.05, 3.63) is 72.8 Å². The molecule has 0 spiro atoms. The first-order chi connectivity index (χ1) is 16.7. The Morgan fingerprint density at radius 1 is 1.00 bits per heavy atom. The molecule has 2 aromatic carbocycles. The van der Waals surface area contributed by atoms with Crippen LogP contribution in [0.2, 0.25) is 5.04 Å². The number of methoxy groups -OCH3 is 2. The van der Waals surface area contributed by atoms with Gasteiger partial charge in [-0.2, -0.15) is 0 Å². The Morgan fingerprint density at radius 3 is 2.06 bits per heavy atom. The number of benzene rings is 2. The highest BCUT2D eigenvalue weighted by Crippen LogP contribution is 2.45. The third kappa shape index (κ3) is 5.61. The van der Waals surface area contributed by atoms with Gasteiger partial charge in [0.2, 0.25) is 0 Å². The van der Waals surface area contributed by atoms with Crippen LogP contribution in [0.1, 0.15) is 40.5 Å². The number of allylic oxidation sites excluding steroid dienone is 2. The summed E-state index contributed by atoms with van der Waals surface area (Å²) in [7, 11) is 0.263. The van der Waals surface area contributed by atoms with Crippen molar-refractivity contribution >= 4 is 24.7 Å². The molecule has 0 amide bonds. The van der Waals surface area contributed by atoms with Crippen molar-refractivity contribution in [3.63, 3.8) is 0 Å². The molecule has 0 saturated heterocycles. The molecule has 190 valence electrons. The van der Waals surface area contributed by atoms with Gasteiger partial charge in [-0.05, 0) is 34.2 Å². The molecule has 3 atom stereocenters. The van der Waals surface area contributed by atoms with Gasteiger partial charge in [0.05, 0.1) is 7.11 Å². The molecule has 0 radical (unpaired) electrons. The van der Waals surface area contributed by atoms with Gasteiger partial charge in [-0.3, -0.25) is 0 Å². The minimum atomic E-state index is -2.70. The molecular weight excluding hydrogens is 456 g/mol. The molecular formula is C29H40O5Si. The SMILES string of the molecule is COCO[C@@H](C(=O)OC)[C@]1(C)CC=CC[C@H]1CO[Si](c1ccccc1)(c1ccccc1)C(C)(C)C. The van der Waals surface area contributed by atoms with E-state index in [9.17, 15) is 4.79 Å². The van der Waals surface area contributed by atoms with Crippen molar-refractivity contribution in [1.29, 1.82) is 0 Å². The highest BCUT2D eigenvalue weighted by molar-refractivity contribution is 6.99. The Hall–Kier alpha value is -2.25. The van der Waals surface area contributed by atoms with Crippen LogP contribution in [0.15, 0.2) is 72.8 Å². The van der Waals surface area contributed by atoms with E-state index in [0.717, 1.165) is 6.42 Å². The molecule has 1 aliphatic carbocycles. The zero-order chi connectivity index (χ0) is 25.5. The average molecular weight is 497 g/mol. The molecule has 0 heterocycles. The Balaban J connectivity index is 2.04. The van der Waals surface area contributed by atoms with Crippen molar-refractivity contribution in [2.24, 2.45) is 11.3 Å². The zero-order valence-corrected chi connectivity index (χ0v) is 23.0. The summed E-state index contributed by atoms with van der Waals surface area (Å²) < 4.78 is 23.4. The maximum Gasteiger partial charge on any atom is 0.335 e. The molecule has 0 aliphatic heterocycles. The van der Waals surface area contributed by atoms with Crippen molar-refractivity contribution in [3.8, 4) is 0 Å². The van der Waals surface area contributed by atoms with E-state index in [1.807, 2.05) is 12.1 Å². The van der Waals surface area contributed by atoms with E-state index >= 15 is 0 Å². The summed E-state index contributed by atoms with van der Waals surface area (Å²) >= 11 is 0. The number of hydrogen-bond donors (Lipinski definition) is 0. The zero-order valence-electron chi connectivity index (χ0n) is 22.0. The molecule has 35 heavy (non-hydrogen) atoms. The van der Waals surface area contributed by atoms with Gasteiger partial charge in [0.15, 0.2) is 6.10 Å². The number of esters is 1. The fourth-order valence-electron chi connectivity index (χ4n) is 5.37. The molecule has 0 bridgehead atoms. The van der Waals surface area contributed by atoms with Gasteiger partial charge in [-0.15, -0.1) is 0 Å². The topological polar surface area (TPSA) is 54.0 Å². The predicted molar refractivity (Wildman–Crippen MR) is 142 cm³/mol. The minimum absolute atomic E-state index is 0.0291. The largest absolute Gasteiger partial charge is 0.467 e. The van der Waals surface area contributed by atoms with E-state index < -0.39 is 19.8 Å². The summed E-state index contributed by atoms with van der Waals surface area (Å²) in [6.07, 6.45) is 5.08. The molecule has 1 aliphatic rings. The lowest BCUT2D eigenvalue weighted by Crippen LogP contribution is -2.67. The van der Waals surface area contributed by atoms with Gasteiger partial charge in [-0.1, -0.05) is 101 Å². The first-order valence-electron chi connectivity index (χ1n) is 12.3. The molecule has 0 saturated carbocycles. The lowest BCUT2D eigenvalue weighted by molar-refractivity contribution is -0.182. The summed E-state index contributed by atoms with van der Waals surface area (Å²) in [5, 5.41) is 2.36. The Kier molecular flexibility index (Phi) is 9.10. The van der Waals surface area contributed by atoms with Crippen molar-refractivity contribution < 1.29 is 23.4 Å². The first-order valence-corrected chi connectivity index (χ1v) is 14.2. The summed E-state index contributed by atoms with van der Waals surface area (Å²) in [5.41, 5.74) is -0.494. The number of ether oxygens (including phenoxy) is 3. The summed E-state index contributed by atoms with van der Waals surface area (Å²) in [4.78, 5) is 12.8. The van der Waals surface area contributed by atoms with Gasteiger partial charge >= 0.3 is 5.97 Å². The molecule has 0 fully saturated rings. The van der Waals surface area contributed by atoms with Crippen LogP contribution >= 0.6 is 0 Å². The smallest absolute Gasteiger partial charge is 0.335 e. The van der Waals surface area contributed by atoms with Crippen LogP contribution in [-0.2, 0) is 23.4 Å². The van der Waals surface area contributed by atoms with E-state index in [4.69, 9.17) is 18.6 Å². The van der Waals surface area contributed by atoms with E-state index in [1.165, 1.54) is 17.5 Å². The molecule has 0 N–H and O–H groups in total. The van der Waals surface area contributed by atoms with Crippen LogP contribution in [0, 0.1) is 11.3 Å². The third-order valence-corrected chi connectivity index (χ3v) is 12.4. The van der Waals surface area contributed by atoms with E-state index in [2.05, 4.69) is 88.4 Å². The Morgan fingerprint density at radius 2 is 1.57 bits per heavy atom. The highest BCUT2D eigenvalue weighted by atomic mass is 28.4. The summed E-state index contributed by atoms with van der Waals surface area (Å²) in [6.45, 7) is 9.47. The average Bonchev–Trinajstić information content (AvgIpc) is 2.86. The summed E-state index contributed by atoms with van der Waals surface area (Å²) in [5.74, 6) is -0.314. The summed E-state index contributed by atoms with van der Waals surface area (Å²) in [6, 6.07) is 21.3. The predicted octanol–water partition coefficient (Wildman–Crippen LogP) is 4.70. The first kappa shape index (κ1) is 27.3. The Bertz CT molecular complexity index is 930. The quantitative estimate of drug-likeness (QED) is 0.207. The second-order valence-corrected chi connectivity index (χ2v) is 14.9. The number of carbonyl (C=O) groups is 1. The van der Waals surface area contributed by atoms with Gasteiger partial charge in [-0.25, -0.2) is 4.79 Å². The second-order valence-electron chi connectivity index (χ2n) is 10.6. The van der Waals surface area contributed by atoms with Crippen LogP contribution in [0.4, 0.5) is 0 Å². The lowest BCUT2D eigenvalue weighted by Gasteiger charge is -2.47. The maximum absolute atomic E-state index is 12.8. The van der Waals surface area contributed by atoms with Crippen LogP contribution in [-0.4, -0.2) is 48.0 Å². The van der Waals surface area contributed by atoms with Gasteiger partial charge < -0.3 is 18.6 Å². The van der Waals surface area contributed by atoms with Crippen molar-refractivity contribution in [2.75, 3.05) is 27.6 Å². The van der Waals surface area contributed by atoms with Crippen LogP contribution < -0.4 is 10.4 Å². The van der Waals surface area contributed by atoms with Gasteiger partial charge in [0.25, 0.3) is 8.32 Å². The minimum Gasteiger partial charge on any atom is -0.467 e. The number of hydrogen-bond acceptors (Lipinski definition) is 5. The fourth-order valence-corrected chi connectivity index (χ4v) is 9.98. The van der Waals surface area contributed by atoms with E-state index in [0.29, 0.717) is 13.0 Å². The molecule has 5 nitrogen and oxygen atoms in total. The number of carbonyl (C=O) groups excluding carboxylic acids is 1. The van der Waals surface area contributed by atoms with Crippen molar-refractivity contribution in [1.82, 2.24) is 0 Å². The lowest BCUT2D eigenvalue weighted by atomic mass is 9.66. The van der Waals surface area contributed by atoms with Gasteiger partial charge in [0.1, 0.15) is 6.79 Å². The van der Waals surface area contributed by atoms with Gasteiger partial charge in [0, 0.05) is 19.1 Å². The van der Waals surface area contributed by atoms with E-state index in [-0.39, 0.29) is 23.7 Å². The highest BCUT2D eigenvalue weighted by Gasteiger charge is 2.52. The number of rotatable bonds is 10. The molecule has 6 heteroatoms. The normalized spacial score (nSPS) is 21.5.